The van der Waals surface area contributed by atoms with Crippen molar-refractivity contribution >= 4 is 17.3 Å². The van der Waals surface area contributed by atoms with E-state index >= 15 is 0 Å². The van der Waals surface area contributed by atoms with Gasteiger partial charge in [-0.3, -0.25) is 4.79 Å². The van der Waals surface area contributed by atoms with Crippen molar-refractivity contribution in [3.8, 4) is 0 Å². The molecule has 1 aliphatic rings. The Morgan fingerprint density at radius 3 is 2.50 bits per heavy atom. The van der Waals surface area contributed by atoms with Gasteiger partial charge in [0.05, 0.1) is 0 Å². The quantitative estimate of drug-likeness (QED) is 0.918. The minimum Gasteiger partial charge on any atom is -0.378 e. The summed E-state index contributed by atoms with van der Waals surface area (Å²) in [6.07, 6.45) is 2.29. The van der Waals surface area contributed by atoms with Crippen LogP contribution in [-0.4, -0.2) is 39.1 Å². The number of para-hydroxylation sites is 1. The SMILES string of the molecule is CN(C)c1ccc(C(=O)NCC2CCCN2c2ccccc2)cc1. The molecule has 126 valence electrons. The van der Waals surface area contributed by atoms with Gasteiger partial charge in [-0.25, -0.2) is 0 Å². The number of benzene rings is 2. The zero-order valence-corrected chi connectivity index (χ0v) is 14.4. The van der Waals surface area contributed by atoms with Crippen LogP contribution in [0.1, 0.15) is 23.2 Å². The van der Waals surface area contributed by atoms with Crippen molar-refractivity contribution in [2.75, 3.05) is 37.0 Å². The summed E-state index contributed by atoms with van der Waals surface area (Å²) in [4.78, 5) is 16.8. The molecule has 0 saturated carbocycles. The molecule has 0 radical (unpaired) electrons. The van der Waals surface area contributed by atoms with E-state index in [1.54, 1.807) is 0 Å². The first kappa shape index (κ1) is 16.4. The standard InChI is InChI=1S/C20H25N3O/c1-22(2)17-12-10-16(11-13-17)20(24)21-15-19-9-6-14-23(19)18-7-4-3-5-8-18/h3-5,7-8,10-13,19H,6,9,14-15H2,1-2H3,(H,21,24). The van der Waals surface area contributed by atoms with Crippen LogP contribution in [0.25, 0.3) is 0 Å². The Hall–Kier alpha value is -2.49. The normalized spacial score (nSPS) is 16.9. The number of rotatable bonds is 5. The second-order valence-electron chi connectivity index (χ2n) is 6.48. The van der Waals surface area contributed by atoms with E-state index in [1.165, 1.54) is 12.1 Å². The summed E-state index contributed by atoms with van der Waals surface area (Å²) in [5.74, 6) is 0.000202. The third kappa shape index (κ3) is 3.70. The van der Waals surface area contributed by atoms with Crippen LogP contribution in [0, 0.1) is 0 Å². The molecular formula is C20H25N3O. The summed E-state index contributed by atoms with van der Waals surface area (Å²) < 4.78 is 0. The van der Waals surface area contributed by atoms with Crippen LogP contribution in [0.3, 0.4) is 0 Å². The number of amides is 1. The average Bonchev–Trinajstić information content (AvgIpc) is 3.09. The number of carbonyl (C=O) groups excluding carboxylic acids is 1. The Balaban J connectivity index is 1.59. The van der Waals surface area contributed by atoms with Gasteiger partial charge in [0.1, 0.15) is 0 Å². The van der Waals surface area contributed by atoms with Crippen LogP contribution in [-0.2, 0) is 0 Å². The van der Waals surface area contributed by atoms with E-state index in [0.29, 0.717) is 18.2 Å². The molecule has 1 atom stereocenters. The lowest BCUT2D eigenvalue weighted by Gasteiger charge is -2.27. The molecule has 4 nitrogen and oxygen atoms in total. The van der Waals surface area contributed by atoms with Gasteiger partial charge in [0.2, 0.25) is 0 Å². The molecule has 1 saturated heterocycles. The maximum atomic E-state index is 12.4. The first-order valence-corrected chi connectivity index (χ1v) is 8.52. The molecule has 2 aromatic rings. The monoisotopic (exact) mass is 323 g/mol. The molecule has 0 bridgehead atoms. The third-order valence-electron chi connectivity index (χ3n) is 4.61. The fourth-order valence-electron chi connectivity index (χ4n) is 3.23. The number of nitrogens with zero attached hydrogens (tertiary/aromatic N) is 2. The minimum absolute atomic E-state index is 0.000202. The summed E-state index contributed by atoms with van der Waals surface area (Å²) in [5, 5.41) is 3.10. The number of hydrogen-bond donors (Lipinski definition) is 1. The van der Waals surface area contributed by atoms with E-state index in [0.717, 1.165) is 18.7 Å². The second kappa shape index (κ2) is 7.39. The highest BCUT2D eigenvalue weighted by atomic mass is 16.1. The number of nitrogens with one attached hydrogen (secondary N) is 1. The zero-order valence-electron chi connectivity index (χ0n) is 14.4. The molecule has 1 N–H and O–H groups in total. The van der Waals surface area contributed by atoms with E-state index < -0.39 is 0 Å². The average molecular weight is 323 g/mol. The summed E-state index contributed by atoms with van der Waals surface area (Å²) >= 11 is 0. The van der Waals surface area contributed by atoms with E-state index in [4.69, 9.17) is 0 Å². The summed E-state index contributed by atoms with van der Waals surface area (Å²) in [6, 6.07) is 18.5. The maximum Gasteiger partial charge on any atom is 0.251 e. The largest absolute Gasteiger partial charge is 0.378 e. The Bertz CT molecular complexity index is 667. The highest BCUT2D eigenvalue weighted by Crippen LogP contribution is 2.24. The fraction of sp³-hybridized carbons (Fsp3) is 0.350. The summed E-state index contributed by atoms with van der Waals surface area (Å²) in [6.45, 7) is 1.74. The van der Waals surface area contributed by atoms with Gasteiger partial charge < -0.3 is 15.1 Å². The molecule has 0 spiro atoms. The van der Waals surface area contributed by atoms with Crippen LogP contribution in [0.4, 0.5) is 11.4 Å². The number of carbonyl (C=O) groups is 1. The van der Waals surface area contributed by atoms with Gasteiger partial charge in [-0.05, 0) is 49.2 Å². The van der Waals surface area contributed by atoms with E-state index in [1.807, 2.05) is 49.3 Å². The summed E-state index contributed by atoms with van der Waals surface area (Å²) in [5.41, 5.74) is 3.05. The first-order chi connectivity index (χ1) is 11.6. The zero-order chi connectivity index (χ0) is 16.9. The van der Waals surface area contributed by atoms with Gasteiger partial charge in [0, 0.05) is 50.2 Å². The Morgan fingerprint density at radius 1 is 1.12 bits per heavy atom. The lowest BCUT2D eigenvalue weighted by atomic mass is 10.1. The predicted octanol–water partition coefficient (Wildman–Crippen LogP) is 3.15. The Morgan fingerprint density at radius 2 is 1.83 bits per heavy atom. The lowest BCUT2D eigenvalue weighted by molar-refractivity contribution is 0.0951. The molecular weight excluding hydrogens is 298 g/mol. The van der Waals surface area contributed by atoms with Crippen LogP contribution >= 0.6 is 0 Å². The lowest BCUT2D eigenvalue weighted by Crippen LogP contribution is -2.40. The molecule has 1 aliphatic heterocycles. The predicted molar refractivity (Wildman–Crippen MR) is 99.9 cm³/mol. The summed E-state index contributed by atoms with van der Waals surface area (Å²) in [7, 11) is 3.99. The molecule has 1 fully saturated rings. The molecule has 0 aliphatic carbocycles. The molecule has 4 heteroatoms. The van der Waals surface area contributed by atoms with E-state index in [9.17, 15) is 4.79 Å². The van der Waals surface area contributed by atoms with Crippen LogP contribution in [0.2, 0.25) is 0 Å². The van der Waals surface area contributed by atoms with Crippen molar-refractivity contribution in [2.24, 2.45) is 0 Å². The highest BCUT2D eigenvalue weighted by molar-refractivity contribution is 5.94. The molecule has 3 rings (SSSR count). The number of hydrogen-bond acceptors (Lipinski definition) is 3. The van der Waals surface area contributed by atoms with Crippen molar-refractivity contribution in [3.05, 3.63) is 60.2 Å². The van der Waals surface area contributed by atoms with Crippen molar-refractivity contribution in [1.29, 1.82) is 0 Å². The van der Waals surface area contributed by atoms with Crippen molar-refractivity contribution in [2.45, 2.75) is 18.9 Å². The van der Waals surface area contributed by atoms with E-state index in [-0.39, 0.29) is 5.91 Å². The van der Waals surface area contributed by atoms with Gasteiger partial charge in [-0.2, -0.15) is 0 Å². The maximum absolute atomic E-state index is 12.4. The number of anilines is 2. The second-order valence-corrected chi connectivity index (χ2v) is 6.48. The van der Waals surface area contributed by atoms with Crippen molar-refractivity contribution < 1.29 is 4.79 Å². The molecule has 1 amide bonds. The van der Waals surface area contributed by atoms with Crippen LogP contribution in [0.5, 0.6) is 0 Å². The highest BCUT2D eigenvalue weighted by Gasteiger charge is 2.25. The van der Waals surface area contributed by atoms with Crippen LogP contribution in [0.15, 0.2) is 54.6 Å². The minimum atomic E-state index is 0.000202. The van der Waals surface area contributed by atoms with Gasteiger partial charge in [0.15, 0.2) is 0 Å². The van der Waals surface area contributed by atoms with E-state index in [2.05, 4.69) is 34.5 Å². The Kier molecular flexibility index (Phi) is 5.04. The smallest absolute Gasteiger partial charge is 0.251 e. The first-order valence-electron chi connectivity index (χ1n) is 8.52. The van der Waals surface area contributed by atoms with Gasteiger partial charge in [0.25, 0.3) is 5.91 Å². The molecule has 24 heavy (non-hydrogen) atoms. The Labute approximate surface area is 144 Å². The van der Waals surface area contributed by atoms with Crippen molar-refractivity contribution in [3.63, 3.8) is 0 Å². The topological polar surface area (TPSA) is 35.6 Å². The molecule has 2 aromatic carbocycles. The van der Waals surface area contributed by atoms with Crippen LogP contribution < -0.4 is 15.1 Å². The fourth-order valence-corrected chi connectivity index (χ4v) is 3.23. The molecule has 1 unspecified atom stereocenters. The van der Waals surface area contributed by atoms with Gasteiger partial charge in [-0.15, -0.1) is 0 Å². The molecule has 0 aromatic heterocycles. The van der Waals surface area contributed by atoms with Crippen molar-refractivity contribution in [1.82, 2.24) is 5.32 Å². The third-order valence-corrected chi connectivity index (χ3v) is 4.61. The van der Waals surface area contributed by atoms with Gasteiger partial charge in [-0.1, -0.05) is 18.2 Å². The molecule has 1 heterocycles. The van der Waals surface area contributed by atoms with Gasteiger partial charge >= 0.3 is 0 Å².